The summed E-state index contributed by atoms with van der Waals surface area (Å²) in [5, 5.41) is 9.32. The highest BCUT2D eigenvalue weighted by Gasteiger charge is 2.28. The van der Waals surface area contributed by atoms with E-state index in [-0.39, 0.29) is 18.3 Å². The molecule has 0 atom stereocenters. The summed E-state index contributed by atoms with van der Waals surface area (Å²) in [5.41, 5.74) is 2.79. The third-order valence-electron chi connectivity index (χ3n) is 5.83. The van der Waals surface area contributed by atoms with Crippen LogP contribution in [0.4, 0.5) is 10.3 Å². The number of halogens is 1. The molecule has 0 amide bonds. The first-order valence-electron chi connectivity index (χ1n) is 11.0. The second-order valence-electron chi connectivity index (χ2n) is 8.19. The Bertz CT molecular complexity index is 1040. The van der Waals surface area contributed by atoms with Crippen LogP contribution in [0, 0.1) is 11.7 Å². The molecule has 0 saturated carbocycles. The zero-order chi connectivity index (χ0) is 21.9. The van der Waals surface area contributed by atoms with E-state index in [2.05, 4.69) is 14.9 Å². The number of piperidine rings is 1. The van der Waals surface area contributed by atoms with E-state index in [1.165, 1.54) is 18.6 Å². The van der Waals surface area contributed by atoms with Crippen LogP contribution in [-0.2, 0) is 9.47 Å². The Balaban J connectivity index is 1.51. The van der Waals surface area contributed by atoms with E-state index in [4.69, 9.17) is 19.4 Å². The lowest BCUT2D eigenvalue weighted by atomic mass is 10.1. The van der Waals surface area contributed by atoms with Crippen molar-refractivity contribution in [2.45, 2.75) is 25.6 Å². The van der Waals surface area contributed by atoms with Gasteiger partial charge in [0.2, 0.25) is 12.2 Å². The number of hydrogen-bond acceptors (Lipinski definition) is 7. The fourth-order valence-electron chi connectivity index (χ4n) is 4.05. The maximum Gasteiger partial charge on any atom is 0.225 e. The van der Waals surface area contributed by atoms with E-state index in [0.29, 0.717) is 42.1 Å². The number of imidazole rings is 1. The summed E-state index contributed by atoms with van der Waals surface area (Å²) >= 11 is 0. The molecule has 0 unspecified atom stereocenters. The molecule has 2 N–H and O–H groups in total. The van der Waals surface area contributed by atoms with Crippen molar-refractivity contribution in [2.75, 3.05) is 37.8 Å². The van der Waals surface area contributed by atoms with Gasteiger partial charge in [-0.1, -0.05) is 0 Å². The molecule has 2 aromatic heterocycles. The monoisotopic (exact) mass is 439 g/mol. The van der Waals surface area contributed by atoms with Gasteiger partial charge in [-0.3, -0.25) is 0 Å². The molecule has 0 radical (unpaired) electrons. The van der Waals surface area contributed by atoms with Gasteiger partial charge in [0.25, 0.3) is 0 Å². The van der Waals surface area contributed by atoms with Crippen molar-refractivity contribution in [1.82, 2.24) is 19.9 Å². The summed E-state index contributed by atoms with van der Waals surface area (Å²) in [4.78, 5) is 19.5. The first-order chi connectivity index (χ1) is 15.7. The lowest BCUT2D eigenvalue weighted by Gasteiger charge is -2.27. The summed E-state index contributed by atoms with van der Waals surface area (Å²) in [7, 11) is 0. The molecule has 9 heteroatoms. The van der Waals surface area contributed by atoms with Gasteiger partial charge in [-0.15, -0.1) is 0 Å². The molecule has 3 aromatic rings. The molecular weight excluding hydrogens is 413 g/mol. The zero-order valence-corrected chi connectivity index (χ0v) is 17.7. The molecule has 32 heavy (non-hydrogen) atoms. The Kier molecular flexibility index (Phi) is 6.11. The van der Waals surface area contributed by atoms with Crippen LogP contribution in [0.3, 0.4) is 0 Å². The number of aromatic amines is 1. The largest absolute Gasteiger partial charge is 0.396 e. The van der Waals surface area contributed by atoms with Crippen LogP contribution in [0.1, 0.15) is 31.4 Å². The number of nitrogens with one attached hydrogen (secondary N) is 1. The minimum absolute atomic E-state index is 0.0111. The van der Waals surface area contributed by atoms with E-state index < -0.39 is 6.29 Å². The van der Waals surface area contributed by atoms with E-state index in [1.54, 1.807) is 18.3 Å². The Labute approximate surface area is 185 Å². The van der Waals surface area contributed by atoms with Gasteiger partial charge in [0.1, 0.15) is 5.82 Å². The minimum Gasteiger partial charge on any atom is -0.396 e. The summed E-state index contributed by atoms with van der Waals surface area (Å²) in [6.07, 6.45) is 4.57. The van der Waals surface area contributed by atoms with Crippen molar-refractivity contribution in [2.24, 2.45) is 5.92 Å². The summed E-state index contributed by atoms with van der Waals surface area (Å²) < 4.78 is 25.1. The van der Waals surface area contributed by atoms with Gasteiger partial charge < -0.3 is 24.5 Å². The Hall–Kier alpha value is -2.88. The van der Waals surface area contributed by atoms with Crippen molar-refractivity contribution in [3.05, 3.63) is 48.2 Å². The van der Waals surface area contributed by atoms with Crippen LogP contribution >= 0.6 is 0 Å². The molecule has 5 rings (SSSR count). The van der Waals surface area contributed by atoms with Gasteiger partial charge in [0, 0.05) is 30.8 Å². The number of nitrogens with zero attached hydrogens (tertiary/aromatic N) is 4. The SMILES string of the molecule is OCC1COC(c2nc(-c3ccc(F)cc3)c(-c3ccnc(N4CCCCC4)n3)[nH]2)OC1. The lowest BCUT2D eigenvalue weighted by Crippen LogP contribution is -2.31. The molecule has 4 heterocycles. The molecule has 8 nitrogen and oxygen atoms in total. The zero-order valence-electron chi connectivity index (χ0n) is 17.7. The fraction of sp³-hybridized carbons (Fsp3) is 0.435. The van der Waals surface area contributed by atoms with Gasteiger partial charge in [-0.05, 0) is 49.6 Å². The molecule has 0 spiro atoms. The van der Waals surface area contributed by atoms with Crippen LogP contribution in [-0.4, -0.2) is 58.0 Å². The normalized spacial score (nSPS) is 21.6. The summed E-state index contributed by atoms with van der Waals surface area (Å²) in [6.45, 7) is 2.67. The molecule has 2 fully saturated rings. The first-order valence-corrected chi connectivity index (χ1v) is 11.0. The average Bonchev–Trinajstić information content (AvgIpc) is 3.31. The quantitative estimate of drug-likeness (QED) is 0.630. The minimum atomic E-state index is -0.672. The Morgan fingerprint density at radius 1 is 1.03 bits per heavy atom. The van der Waals surface area contributed by atoms with Crippen molar-refractivity contribution >= 4 is 5.95 Å². The van der Waals surface area contributed by atoms with Gasteiger partial charge in [0.05, 0.1) is 36.9 Å². The highest BCUT2D eigenvalue weighted by Crippen LogP contribution is 2.33. The third-order valence-corrected chi connectivity index (χ3v) is 5.83. The van der Waals surface area contributed by atoms with Crippen molar-refractivity contribution < 1.29 is 19.0 Å². The molecule has 0 aliphatic carbocycles. The van der Waals surface area contributed by atoms with Crippen LogP contribution in [0.5, 0.6) is 0 Å². The van der Waals surface area contributed by atoms with Crippen LogP contribution in [0.15, 0.2) is 36.5 Å². The molecule has 0 bridgehead atoms. The smallest absolute Gasteiger partial charge is 0.225 e. The number of aliphatic hydroxyl groups is 1. The first kappa shape index (κ1) is 21.0. The molecule has 168 valence electrons. The van der Waals surface area contributed by atoms with E-state index in [9.17, 15) is 9.50 Å². The predicted octanol–water partition coefficient (Wildman–Crippen LogP) is 3.32. The number of H-pyrrole nitrogens is 1. The number of benzene rings is 1. The molecule has 2 aliphatic rings. The van der Waals surface area contributed by atoms with E-state index in [1.807, 2.05) is 6.07 Å². The average molecular weight is 439 g/mol. The number of aliphatic hydroxyl groups excluding tert-OH is 1. The predicted molar refractivity (Wildman–Crippen MR) is 116 cm³/mol. The summed E-state index contributed by atoms with van der Waals surface area (Å²) in [6, 6.07) is 8.03. The number of ether oxygens (including phenoxy) is 2. The lowest BCUT2D eigenvalue weighted by molar-refractivity contribution is -0.213. The van der Waals surface area contributed by atoms with E-state index >= 15 is 0 Å². The standard InChI is InChI=1S/C23H26FN5O3/c24-17-6-4-16(5-7-17)19-20(28-21(27-19)22-31-13-15(12-30)14-32-22)18-8-9-25-23(26-18)29-10-2-1-3-11-29/h4-9,15,22,30H,1-3,10-14H2,(H,27,28). The van der Waals surface area contributed by atoms with Crippen LogP contribution < -0.4 is 4.90 Å². The second-order valence-corrected chi connectivity index (χ2v) is 8.19. The molecule has 1 aromatic carbocycles. The molecule has 2 saturated heterocycles. The Morgan fingerprint density at radius 3 is 2.50 bits per heavy atom. The number of rotatable bonds is 5. The van der Waals surface area contributed by atoms with Crippen molar-refractivity contribution in [3.63, 3.8) is 0 Å². The van der Waals surface area contributed by atoms with Crippen LogP contribution in [0.25, 0.3) is 22.6 Å². The molecule has 2 aliphatic heterocycles. The third kappa shape index (κ3) is 4.36. The summed E-state index contributed by atoms with van der Waals surface area (Å²) in [5.74, 6) is 0.842. The number of anilines is 1. The number of hydrogen-bond donors (Lipinski definition) is 2. The van der Waals surface area contributed by atoms with Gasteiger partial charge >= 0.3 is 0 Å². The van der Waals surface area contributed by atoms with Crippen molar-refractivity contribution in [3.8, 4) is 22.6 Å². The maximum absolute atomic E-state index is 13.5. The topological polar surface area (TPSA) is 96.4 Å². The van der Waals surface area contributed by atoms with Gasteiger partial charge in [0.15, 0.2) is 5.82 Å². The van der Waals surface area contributed by atoms with Gasteiger partial charge in [-0.2, -0.15) is 0 Å². The second kappa shape index (κ2) is 9.32. The van der Waals surface area contributed by atoms with Crippen LogP contribution in [0.2, 0.25) is 0 Å². The molecular formula is C23H26FN5O3. The highest BCUT2D eigenvalue weighted by atomic mass is 19.1. The van der Waals surface area contributed by atoms with Crippen molar-refractivity contribution in [1.29, 1.82) is 0 Å². The van der Waals surface area contributed by atoms with E-state index in [0.717, 1.165) is 31.5 Å². The van der Waals surface area contributed by atoms with Gasteiger partial charge in [-0.25, -0.2) is 19.3 Å². The number of aromatic nitrogens is 4. The maximum atomic E-state index is 13.5. The highest BCUT2D eigenvalue weighted by molar-refractivity contribution is 5.77. The Morgan fingerprint density at radius 2 is 1.78 bits per heavy atom. The fourth-order valence-corrected chi connectivity index (χ4v) is 4.05.